The summed E-state index contributed by atoms with van der Waals surface area (Å²) in [4.78, 5) is 32.4. The van der Waals surface area contributed by atoms with Crippen LogP contribution in [-0.2, 0) is 23.1 Å². The minimum absolute atomic E-state index is 0.0127. The van der Waals surface area contributed by atoms with Crippen LogP contribution in [0.25, 0.3) is 0 Å². The van der Waals surface area contributed by atoms with Crippen molar-refractivity contribution >= 4 is 23.5 Å². The third-order valence-corrected chi connectivity index (χ3v) is 4.86. The molecule has 10 nitrogen and oxygen atoms in total. The number of methoxy groups -OCH3 is 2. The molecule has 160 valence electrons. The van der Waals surface area contributed by atoms with Crippen LogP contribution in [0.1, 0.15) is 15.9 Å². The lowest BCUT2D eigenvalue weighted by molar-refractivity contribution is -0.120. The van der Waals surface area contributed by atoms with E-state index in [2.05, 4.69) is 15.4 Å². The van der Waals surface area contributed by atoms with Gasteiger partial charge in [0, 0.05) is 39.9 Å². The van der Waals surface area contributed by atoms with Crippen LogP contribution < -0.4 is 15.0 Å². The van der Waals surface area contributed by atoms with Gasteiger partial charge >= 0.3 is 5.97 Å². The molecule has 0 radical (unpaired) electrons. The van der Waals surface area contributed by atoms with Crippen LogP contribution >= 0.6 is 0 Å². The molecule has 1 amide bonds. The average molecular weight is 414 g/mol. The number of amides is 1. The molecule has 0 spiro atoms. The second-order valence-electron chi connectivity index (χ2n) is 6.77. The van der Waals surface area contributed by atoms with Gasteiger partial charge in [0.15, 0.2) is 5.96 Å². The maximum atomic E-state index is 12.6. The van der Waals surface area contributed by atoms with Crippen molar-refractivity contribution in [2.75, 3.05) is 45.8 Å². The average Bonchev–Trinajstić information content (AvgIpc) is 3.19. The number of nitrogens with zero attached hydrogens (tertiary/aromatic N) is 5. The minimum Gasteiger partial charge on any atom is -0.496 e. The summed E-state index contributed by atoms with van der Waals surface area (Å²) < 4.78 is 11.7. The van der Waals surface area contributed by atoms with Gasteiger partial charge in [0.1, 0.15) is 17.9 Å². The number of aryl methyl sites for hydroxylation is 1. The number of nitrogens with one attached hydrogen (secondary N) is 1. The van der Waals surface area contributed by atoms with Crippen LogP contribution in [-0.4, -0.2) is 73.4 Å². The zero-order valence-corrected chi connectivity index (χ0v) is 17.6. The number of aromatic nitrogens is 2. The molecule has 0 saturated carbocycles. The molecule has 10 heteroatoms. The van der Waals surface area contributed by atoms with Gasteiger partial charge in [-0.3, -0.25) is 14.5 Å². The molecule has 0 unspecified atom stereocenters. The highest BCUT2D eigenvalue weighted by Crippen LogP contribution is 2.21. The predicted octanol–water partition coefficient (Wildman–Crippen LogP) is 0.640. The first kappa shape index (κ1) is 21.2. The van der Waals surface area contributed by atoms with Gasteiger partial charge in [-0.15, -0.1) is 0 Å². The maximum absolute atomic E-state index is 12.6. The van der Waals surface area contributed by atoms with E-state index < -0.39 is 5.97 Å². The molecule has 1 aliphatic rings. The number of carbonyl (C=O) groups excluding carboxylic acids is 2. The molecule has 2 aromatic rings. The molecule has 1 fully saturated rings. The van der Waals surface area contributed by atoms with Crippen molar-refractivity contribution in [3.8, 4) is 5.75 Å². The Morgan fingerprint density at radius 1 is 1.30 bits per heavy atom. The Morgan fingerprint density at radius 3 is 2.70 bits per heavy atom. The summed E-state index contributed by atoms with van der Waals surface area (Å²) in [6, 6.07) is 5.26. The van der Waals surface area contributed by atoms with Gasteiger partial charge in [-0.05, 0) is 17.7 Å². The van der Waals surface area contributed by atoms with Crippen molar-refractivity contribution in [2.24, 2.45) is 12.0 Å². The van der Waals surface area contributed by atoms with Gasteiger partial charge in [-0.1, -0.05) is 6.07 Å². The van der Waals surface area contributed by atoms with E-state index in [1.54, 1.807) is 35.0 Å². The number of hydrogen-bond donors (Lipinski definition) is 1. The van der Waals surface area contributed by atoms with E-state index in [-0.39, 0.29) is 12.5 Å². The zero-order valence-electron chi connectivity index (χ0n) is 17.6. The van der Waals surface area contributed by atoms with Crippen molar-refractivity contribution in [3.05, 3.63) is 41.7 Å². The molecule has 1 aromatic carbocycles. The van der Waals surface area contributed by atoms with Crippen LogP contribution in [0.3, 0.4) is 0 Å². The second-order valence-corrected chi connectivity index (χ2v) is 6.77. The summed E-state index contributed by atoms with van der Waals surface area (Å²) in [5.74, 6) is 0.607. The molecular weight excluding hydrogens is 388 g/mol. The number of carbonyl (C=O) groups is 2. The van der Waals surface area contributed by atoms with Crippen LogP contribution in [0.5, 0.6) is 5.75 Å². The molecule has 1 saturated heterocycles. The van der Waals surface area contributed by atoms with E-state index in [0.29, 0.717) is 36.9 Å². The van der Waals surface area contributed by atoms with Crippen molar-refractivity contribution in [1.82, 2.24) is 20.0 Å². The summed E-state index contributed by atoms with van der Waals surface area (Å²) in [5.41, 5.74) is 2.06. The maximum Gasteiger partial charge on any atom is 0.341 e. The Labute approximate surface area is 175 Å². The number of guanidine groups is 1. The lowest BCUT2D eigenvalue weighted by atomic mass is 10.1. The molecule has 3 rings (SSSR count). The van der Waals surface area contributed by atoms with Gasteiger partial charge in [0.25, 0.3) is 0 Å². The fourth-order valence-corrected chi connectivity index (χ4v) is 3.31. The molecule has 1 aromatic heterocycles. The lowest BCUT2D eigenvalue weighted by Gasteiger charge is -2.35. The molecule has 1 aliphatic heterocycles. The fourth-order valence-electron chi connectivity index (χ4n) is 3.31. The van der Waals surface area contributed by atoms with E-state index in [1.807, 2.05) is 24.2 Å². The highest BCUT2D eigenvalue weighted by Gasteiger charge is 2.27. The lowest BCUT2D eigenvalue weighted by Crippen LogP contribution is -2.55. The van der Waals surface area contributed by atoms with Gasteiger partial charge in [-0.2, -0.15) is 5.10 Å². The quantitative estimate of drug-likeness (QED) is 0.435. The van der Waals surface area contributed by atoms with Crippen molar-refractivity contribution in [1.29, 1.82) is 0 Å². The van der Waals surface area contributed by atoms with Gasteiger partial charge in [0.05, 0.1) is 26.1 Å². The van der Waals surface area contributed by atoms with E-state index in [1.165, 1.54) is 14.2 Å². The molecule has 0 aliphatic carbocycles. The van der Waals surface area contributed by atoms with Crippen molar-refractivity contribution < 1.29 is 19.1 Å². The molecule has 1 N–H and O–H groups in total. The summed E-state index contributed by atoms with van der Waals surface area (Å²) in [7, 11) is 6.34. The molecule has 0 bridgehead atoms. The van der Waals surface area contributed by atoms with E-state index in [9.17, 15) is 9.59 Å². The van der Waals surface area contributed by atoms with Gasteiger partial charge in [-0.25, -0.2) is 4.79 Å². The van der Waals surface area contributed by atoms with Crippen molar-refractivity contribution in [3.63, 3.8) is 0 Å². The first-order chi connectivity index (χ1) is 14.5. The van der Waals surface area contributed by atoms with Crippen LogP contribution in [0.2, 0.25) is 0 Å². The Morgan fingerprint density at radius 2 is 2.10 bits per heavy atom. The summed E-state index contributed by atoms with van der Waals surface area (Å²) in [5, 5.41) is 7.40. The molecule has 2 heterocycles. The van der Waals surface area contributed by atoms with Crippen LogP contribution in [0.15, 0.2) is 35.6 Å². The number of benzene rings is 1. The summed E-state index contributed by atoms with van der Waals surface area (Å²) in [6.45, 7) is 1.87. The Hall–Kier alpha value is -3.56. The first-order valence-electron chi connectivity index (χ1n) is 9.46. The monoisotopic (exact) mass is 414 g/mol. The molecule has 0 atom stereocenters. The minimum atomic E-state index is -0.452. The standard InChI is InChI=1S/C20H26N6O4/c1-21-20(22-10-14-5-6-16(19(28)30-4)17(9-14)29-3)25-7-8-26(18(27)13-25)15-11-23-24(2)12-15/h5-6,9,11-12H,7-8,10,13H2,1-4H3,(H,21,22). The summed E-state index contributed by atoms with van der Waals surface area (Å²) >= 11 is 0. The van der Waals surface area contributed by atoms with Crippen LogP contribution in [0.4, 0.5) is 5.69 Å². The highest BCUT2D eigenvalue weighted by atomic mass is 16.5. The van der Waals surface area contributed by atoms with Gasteiger partial charge < -0.3 is 24.6 Å². The smallest absolute Gasteiger partial charge is 0.341 e. The number of rotatable bonds is 5. The number of piperazine rings is 1. The van der Waals surface area contributed by atoms with E-state index in [4.69, 9.17) is 9.47 Å². The topological polar surface area (TPSA) is 101 Å². The first-order valence-corrected chi connectivity index (χ1v) is 9.46. The van der Waals surface area contributed by atoms with Crippen molar-refractivity contribution in [2.45, 2.75) is 6.54 Å². The Balaban J connectivity index is 1.63. The second kappa shape index (κ2) is 9.29. The number of aliphatic imine (C=N–C) groups is 1. The van der Waals surface area contributed by atoms with Crippen LogP contribution in [0, 0.1) is 0 Å². The van der Waals surface area contributed by atoms with E-state index >= 15 is 0 Å². The SMILES string of the molecule is CN=C(NCc1ccc(C(=O)OC)c(OC)c1)N1CCN(c2cnn(C)c2)C(=O)C1. The number of esters is 1. The Bertz CT molecular complexity index is 955. The Kier molecular flexibility index (Phi) is 6.55. The van der Waals surface area contributed by atoms with Gasteiger partial charge in [0.2, 0.25) is 5.91 Å². The number of hydrogen-bond acceptors (Lipinski definition) is 6. The zero-order chi connectivity index (χ0) is 21.7. The normalized spacial score (nSPS) is 14.7. The largest absolute Gasteiger partial charge is 0.496 e. The number of ether oxygens (including phenoxy) is 2. The predicted molar refractivity (Wildman–Crippen MR) is 112 cm³/mol. The number of anilines is 1. The highest BCUT2D eigenvalue weighted by molar-refractivity contribution is 5.98. The molecule has 30 heavy (non-hydrogen) atoms. The van der Waals surface area contributed by atoms with E-state index in [0.717, 1.165) is 11.3 Å². The molecular formula is C20H26N6O4. The third-order valence-electron chi connectivity index (χ3n) is 4.86. The third kappa shape index (κ3) is 4.53. The fraction of sp³-hybridized carbons (Fsp3) is 0.400. The summed E-state index contributed by atoms with van der Waals surface area (Å²) in [6.07, 6.45) is 3.51.